The number of nitrogens with one attached hydrogen (secondary N) is 1. The van der Waals surface area contributed by atoms with Gasteiger partial charge in [-0.05, 0) is 19.9 Å². The predicted octanol–water partition coefficient (Wildman–Crippen LogP) is 0.441. The zero-order valence-corrected chi connectivity index (χ0v) is 7.71. The quantitative estimate of drug-likeness (QED) is 0.663. The van der Waals surface area contributed by atoms with Gasteiger partial charge in [-0.15, -0.1) is 0 Å². The number of nitrogens with zero attached hydrogens (tertiary/aromatic N) is 2. The van der Waals surface area contributed by atoms with Gasteiger partial charge in [-0.3, -0.25) is 0 Å². The fourth-order valence-electron chi connectivity index (χ4n) is 1.38. The van der Waals surface area contributed by atoms with E-state index in [-0.39, 0.29) is 5.92 Å². The van der Waals surface area contributed by atoms with E-state index in [1.165, 1.54) is 0 Å². The van der Waals surface area contributed by atoms with E-state index < -0.39 is 0 Å². The molecule has 3 heteroatoms. The Kier molecular flexibility index (Phi) is 4.06. The van der Waals surface area contributed by atoms with Crippen LogP contribution in [0.3, 0.4) is 0 Å². The van der Waals surface area contributed by atoms with E-state index in [2.05, 4.69) is 16.3 Å². The lowest BCUT2D eigenvalue weighted by molar-refractivity contribution is 0.232. The molecular weight excluding hydrogens is 150 g/mol. The molecule has 1 N–H and O–H groups in total. The Hall–Kier alpha value is -0.590. The smallest absolute Gasteiger partial charge is 0.0653 e. The van der Waals surface area contributed by atoms with Crippen molar-refractivity contribution in [1.82, 2.24) is 10.2 Å². The van der Waals surface area contributed by atoms with Crippen molar-refractivity contribution in [3.63, 3.8) is 0 Å². The fraction of sp³-hybridized carbons (Fsp3) is 0.889. The van der Waals surface area contributed by atoms with Crippen molar-refractivity contribution >= 4 is 0 Å². The maximum atomic E-state index is 8.58. The Morgan fingerprint density at radius 1 is 1.50 bits per heavy atom. The molecule has 0 aliphatic carbocycles. The number of nitriles is 1. The van der Waals surface area contributed by atoms with E-state index >= 15 is 0 Å². The van der Waals surface area contributed by atoms with Crippen LogP contribution in [0.25, 0.3) is 0 Å². The molecule has 68 valence electrons. The highest BCUT2D eigenvalue weighted by Gasteiger charge is 2.09. The summed E-state index contributed by atoms with van der Waals surface area (Å²) in [6, 6.07) is 2.26. The van der Waals surface area contributed by atoms with Gasteiger partial charge in [0.25, 0.3) is 0 Å². The van der Waals surface area contributed by atoms with E-state index in [4.69, 9.17) is 5.26 Å². The maximum absolute atomic E-state index is 8.58. The van der Waals surface area contributed by atoms with Gasteiger partial charge in [0.2, 0.25) is 0 Å². The van der Waals surface area contributed by atoms with Crippen LogP contribution in [-0.2, 0) is 0 Å². The molecule has 0 amide bonds. The molecule has 0 spiro atoms. The molecule has 0 aromatic carbocycles. The fourth-order valence-corrected chi connectivity index (χ4v) is 1.38. The van der Waals surface area contributed by atoms with Crippen molar-refractivity contribution in [2.45, 2.75) is 13.3 Å². The highest BCUT2D eigenvalue weighted by Crippen LogP contribution is 2.02. The third-order valence-corrected chi connectivity index (χ3v) is 2.31. The largest absolute Gasteiger partial charge is 0.314 e. The van der Waals surface area contributed by atoms with E-state index in [9.17, 15) is 0 Å². The Labute approximate surface area is 74.4 Å². The molecule has 1 unspecified atom stereocenters. The Bertz CT molecular complexity index is 156. The SMILES string of the molecule is CC(C#N)CCN1CCNCC1. The summed E-state index contributed by atoms with van der Waals surface area (Å²) in [6.07, 6.45) is 1.01. The summed E-state index contributed by atoms with van der Waals surface area (Å²) in [7, 11) is 0. The Morgan fingerprint density at radius 3 is 2.75 bits per heavy atom. The number of hydrogen-bond donors (Lipinski definition) is 1. The van der Waals surface area contributed by atoms with Crippen LogP contribution in [0, 0.1) is 17.2 Å². The van der Waals surface area contributed by atoms with Gasteiger partial charge in [0.15, 0.2) is 0 Å². The summed E-state index contributed by atoms with van der Waals surface area (Å²) in [6.45, 7) is 7.54. The summed E-state index contributed by atoms with van der Waals surface area (Å²) in [5, 5.41) is 11.9. The molecule has 1 atom stereocenters. The monoisotopic (exact) mass is 167 g/mol. The molecule has 0 aromatic rings. The third kappa shape index (κ3) is 3.21. The van der Waals surface area contributed by atoms with Gasteiger partial charge in [0.05, 0.1) is 6.07 Å². The lowest BCUT2D eigenvalue weighted by Crippen LogP contribution is -2.43. The Balaban J connectivity index is 2.10. The van der Waals surface area contributed by atoms with Crippen molar-refractivity contribution in [3.05, 3.63) is 0 Å². The first kappa shape index (κ1) is 9.50. The summed E-state index contributed by atoms with van der Waals surface area (Å²) >= 11 is 0. The maximum Gasteiger partial charge on any atom is 0.0653 e. The van der Waals surface area contributed by atoms with E-state index in [1.54, 1.807) is 0 Å². The number of rotatable bonds is 3. The summed E-state index contributed by atoms with van der Waals surface area (Å²) < 4.78 is 0. The van der Waals surface area contributed by atoms with Crippen LogP contribution in [0.5, 0.6) is 0 Å². The van der Waals surface area contributed by atoms with Gasteiger partial charge in [-0.25, -0.2) is 0 Å². The van der Waals surface area contributed by atoms with Crippen LogP contribution >= 0.6 is 0 Å². The molecule has 12 heavy (non-hydrogen) atoms. The molecule has 1 saturated heterocycles. The van der Waals surface area contributed by atoms with Crippen molar-refractivity contribution in [2.24, 2.45) is 5.92 Å². The molecule has 1 rings (SSSR count). The molecule has 1 aliphatic rings. The van der Waals surface area contributed by atoms with Crippen LogP contribution < -0.4 is 5.32 Å². The van der Waals surface area contributed by atoms with Gasteiger partial charge in [-0.1, -0.05) is 0 Å². The molecule has 0 aromatic heterocycles. The highest BCUT2D eigenvalue weighted by atomic mass is 15.2. The van der Waals surface area contributed by atoms with Crippen LogP contribution in [-0.4, -0.2) is 37.6 Å². The lowest BCUT2D eigenvalue weighted by atomic mass is 10.1. The van der Waals surface area contributed by atoms with Crippen molar-refractivity contribution < 1.29 is 0 Å². The summed E-state index contributed by atoms with van der Waals surface area (Å²) in [4.78, 5) is 2.42. The second kappa shape index (κ2) is 5.13. The molecule has 0 bridgehead atoms. The number of hydrogen-bond acceptors (Lipinski definition) is 3. The first-order valence-corrected chi connectivity index (χ1v) is 4.65. The predicted molar refractivity (Wildman–Crippen MR) is 48.7 cm³/mol. The zero-order valence-electron chi connectivity index (χ0n) is 7.71. The number of piperazine rings is 1. The van der Waals surface area contributed by atoms with Crippen LogP contribution in [0.1, 0.15) is 13.3 Å². The molecule has 3 nitrogen and oxygen atoms in total. The van der Waals surface area contributed by atoms with Crippen molar-refractivity contribution in [1.29, 1.82) is 5.26 Å². The van der Waals surface area contributed by atoms with E-state index in [0.717, 1.165) is 39.1 Å². The summed E-state index contributed by atoms with van der Waals surface area (Å²) in [5.74, 6) is 0.208. The summed E-state index contributed by atoms with van der Waals surface area (Å²) in [5.41, 5.74) is 0. The van der Waals surface area contributed by atoms with Gasteiger partial charge >= 0.3 is 0 Å². The first-order valence-electron chi connectivity index (χ1n) is 4.65. The minimum absolute atomic E-state index is 0.208. The van der Waals surface area contributed by atoms with Crippen LogP contribution in [0.2, 0.25) is 0 Å². The highest BCUT2D eigenvalue weighted by molar-refractivity contribution is 4.80. The average Bonchev–Trinajstić information content (AvgIpc) is 2.16. The van der Waals surface area contributed by atoms with Gasteiger partial charge in [-0.2, -0.15) is 5.26 Å². The lowest BCUT2D eigenvalue weighted by Gasteiger charge is -2.27. The standard InChI is InChI=1S/C9H17N3/c1-9(8-10)2-5-12-6-3-11-4-7-12/h9,11H,2-7H2,1H3. The van der Waals surface area contributed by atoms with Gasteiger partial charge in [0, 0.05) is 32.1 Å². The van der Waals surface area contributed by atoms with E-state index in [1.807, 2.05) is 6.92 Å². The molecule has 0 saturated carbocycles. The average molecular weight is 167 g/mol. The topological polar surface area (TPSA) is 39.1 Å². The Morgan fingerprint density at radius 2 is 2.17 bits per heavy atom. The normalized spacial score (nSPS) is 21.7. The second-order valence-electron chi connectivity index (χ2n) is 3.41. The van der Waals surface area contributed by atoms with Crippen molar-refractivity contribution in [2.75, 3.05) is 32.7 Å². The van der Waals surface area contributed by atoms with Gasteiger partial charge in [0.1, 0.15) is 0 Å². The minimum Gasteiger partial charge on any atom is -0.314 e. The molecule has 0 radical (unpaired) electrons. The second-order valence-corrected chi connectivity index (χ2v) is 3.41. The van der Waals surface area contributed by atoms with Crippen molar-refractivity contribution in [3.8, 4) is 6.07 Å². The third-order valence-electron chi connectivity index (χ3n) is 2.31. The van der Waals surface area contributed by atoms with Crippen LogP contribution in [0.4, 0.5) is 0 Å². The molecule has 1 heterocycles. The first-order chi connectivity index (χ1) is 5.83. The van der Waals surface area contributed by atoms with E-state index in [0.29, 0.717) is 0 Å². The van der Waals surface area contributed by atoms with Gasteiger partial charge < -0.3 is 10.2 Å². The van der Waals surface area contributed by atoms with Crippen LogP contribution in [0.15, 0.2) is 0 Å². The molecular formula is C9H17N3. The zero-order chi connectivity index (χ0) is 8.81. The molecule has 1 fully saturated rings. The minimum atomic E-state index is 0.208. The molecule has 1 aliphatic heterocycles.